The average Bonchev–Trinajstić information content (AvgIpc) is 2.76. The number of hydrogen-bond acceptors (Lipinski definition) is 8. The first-order valence-corrected chi connectivity index (χ1v) is 9.44. The summed E-state index contributed by atoms with van der Waals surface area (Å²) in [6.07, 6.45) is 0. The summed E-state index contributed by atoms with van der Waals surface area (Å²) < 4.78 is 25.7. The number of ether oxygens (including phenoxy) is 5. The van der Waals surface area contributed by atoms with Crippen molar-refractivity contribution >= 4 is 29.3 Å². The topological polar surface area (TPSA) is 92.3 Å². The van der Waals surface area contributed by atoms with Crippen molar-refractivity contribution in [1.82, 2.24) is 0 Å². The molecule has 0 fully saturated rings. The van der Waals surface area contributed by atoms with Crippen LogP contribution in [0.4, 0.5) is 5.69 Å². The van der Waals surface area contributed by atoms with E-state index in [0.717, 1.165) is 4.90 Å². The van der Waals surface area contributed by atoms with Crippen LogP contribution in [0.1, 0.15) is 10.4 Å². The molecule has 0 aliphatic heterocycles. The number of carbonyl (C=O) groups excluding carboxylic acids is 2. The van der Waals surface area contributed by atoms with Gasteiger partial charge in [-0.25, -0.2) is 4.79 Å². The van der Waals surface area contributed by atoms with Crippen molar-refractivity contribution in [3.63, 3.8) is 0 Å². The van der Waals surface area contributed by atoms with Crippen molar-refractivity contribution in [2.24, 2.45) is 0 Å². The number of carbonyl (C=O) groups is 2. The van der Waals surface area contributed by atoms with E-state index < -0.39 is 5.97 Å². The lowest BCUT2D eigenvalue weighted by Gasteiger charge is -2.14. The van der Waals surface area contributed by atoms with Gasteiger partial charge in [-0.1, -0.05) is 0 Å². The van der Waals surface area contributed by atoms with Crippen molar-refractivity contribution < 1.29 is 33.3 Å². The minimum atomic E-state index is -0.603. The van der Waals surface area contributed by atoms with E-state index in [-0.39, 0.29) is 22.9 Å². The zero-order chi connectivity index (χ0) is 21.4. The third-order valence-corrected chi connectivity index (χ3v) is 4.92. The molecule has 0 unspecified atom stereocenters. The van der Waals surface area contributed by atoms with E-state index in [9.17, 15) is 9.59 Å². The highest BCUT2D eigenvalue weighted by molar-refractivity contribution is 8.00. The molecular weight excluding hydrogens is 398 g/mol. The number of methoxy groups -OCH3 is 5. The van der Waals surface area contributed by atoms with Crippen LogP contribution in [0.3, 0.4) is 0 Å². The van der Waals surface area contributed by atoms with Crippen LogP contribution < -0.4 is 24.3 Å². The lowest BCUT2D eigenvalue weighted by Crippen LogP contribution is -2.17. The van der Waals surface area contributed by atoms with Crippen LogP contribution in [-0.2, 0) is 9.53 Å². The van der Waals surface area contributed by atoms with Gasteiger partial charge in [-0.3, -0.25) is 4.79 Å². The maximum atomic E-state index is 12.5. The number of amides is 1. The van der Waals surface area contributed by atoms with E-state index in [2.05, 4.69) is 5.32 Å². The molecule has 9 heteroatoms. The van der Waals surface area contributed by atoms with E-state index in [1.54, 1.807) is 26.4 Å². The highest BCUT2D eigenvalue weighted by atomic mass is 32.2. The molecule has 0 saturated heterocycles. The summed E-state index contributed by atoms with van der Waals surface area (Å²) in [5, 5.41) is 2.72. The SMILES string of the molecule is COC(=O)c1cc(OC)c(OC)cc1NC(=O)CSc1ccc(OC)c(OC)c1. The molecule has 0 spiro atoms. The molecule has 0 aliphatic carbocycles. The van der Waals surface area contributed by atoms with Crippen molar-refractivity contribution in [2.75, 3.05) is 46.6 Å². The number of hydrogen-bond donors (Lipinski definition) is 1. The second-order valence-electron chi connectivity index (χ2n) is 5.60. The van der Waals surface area contributed by atoms with Gasteiger partial charge in [0.05, 0.1) is 52.6 Å². The van der Waals surface area contributed by atoms with E-state index in [1.165, 1.54) is 45.2 Å². The normalized spacial score (nSPS) is 10.1. The first-order valence-electron chi connectivity index (χ1n) is 8.46. The van der Waals surface area contributed by atoms with Crippen LogP contribution in [0, 0.1) is 0 Å². The molecule has 8 nitrogen and oxygen atoms in total. The molecule has 2 rings (SSSR count). The second kappa shape index (κ2) is 10.5. The predicted octanol–water partition coefficient (Wildman–Crippen LogP) is 3.24. The molecule has 1 amide bonds. The lowest BCUT2D eigenvalue weighted by atomic mass is 10.1. The Hall–Kier alpha value is -3.07. The fraction of sp³-hybridized carbons (Fsp3) is 0.300. The van der Waals surface area contributed by atoms with E-state index in [0.29, 0.717) is 23.0 Å². The largest absolute Gasteiger partial charge is 0.493 e. The van der Waals surface area contributed by atoms with Gasteiger partial charge >= 0.3 is 5.97 Å². The molecule has 0 atom stereocenters. The summed E-state index contributed by atoms with van der Waals surface area (Å²) in [4.78, 5) is 25.4. The van der Waals surface area contributed by atoms with Gasteiger partial charge in [0.15, 0.2) is 23.0 Å². The molecule has 0 bridgehead atoms. The van der Waals surface area contributed by atoms with E-state index in [4.69, 9.17) is 23.7 Å². The molecular formula is C20H23NO7S. The Kier molecular flexibility index (Phi) is 8.02. The second-order valence-corrected chi connectivity index (χ2v) is 6.65. The number of esters is 1. The van der Waals surface area contributed by atoms with Gasteiger partial charge in [0.1, 0.15) is 0 Å². The Morgan fingerprint density at radius 2 is 1.41 bits per heavy atom. The molecule has 0 radical (unpaired) electrons. The lowest BCUT2D eigenvalue weighted by molar-refractivity contribution is -0.113. The van der Waals surface area contributed by atoms with Crippen LogP contribution in [0.2, 0.25) is 0 Å². The Bertz CT molecular complexity index is 885. The molecule has 2 aromatic carbocycles. The summed E-state index contributed by atoms with van der Waals surface area (Å²) in [5.74, 6) is 1.12. The number of anilines is 1. The van der Waals surface area contributed by atoms with Crippen LogP contribution in [-0.4, -0.2) is 53.2 Å². The van der Waals surface area contributed by atoms with Crippen LogP contribution in [0.25, 0.3) is 0 Å². The van der Waals surface area contributed by atoms with Gasteiger partial charge in [0.2, 0.25) is 5.91 Å². The van der Waals surface area contributed by atoms with Crippen molar-refractivity contribution in [2.45, 2.75) is 4.90 Å². The number of rotatable bonds is 9. The molecule has 2 aromatic rings. The minimum Gasteiger partial charge on any atom is -0.493 e. The monoisotopic (exact) mass is 421 g/mol. The Morgan fingerprint density at radius 1 is 0.828 bits per heavy atom. The quantitative estimate of drug-likeness (QED) is 0.487. The summed E-state index contributed by atoms with van der Waals surface area (Å²) in [6.45, 7) is 0. The average molecular weight is 421 g/mol. The highest BCUT2D eigenvalue weighted by Crippen LogP contribution is 2.34. The third kappa shape index (κ3) is 5.47. The fourth-order valence-corrected chi connectivity index (χ4v) is 3.23. The Morgan fingerprint density at radius 3 is 2.00 bits per heavy atom. The van der Waals surface area contributed by atoms with E-state index in [1.807, 2.05) is 6.07 Å². The number of benzene rings is 2. The zero-order valence-corrected chi connectivity index (χ0v) is 17.7. The first-order chi connectivity index (χ1) is 14.0. The molecule has 0 saturated carbocycles. The van der Waals surface area contributed by atoms with Crippen LogP contribution in [0.15, 0.2) is 35.2 Å². The Labute approximate surface area is 173 Å². The van der Waals surface area contributed by atoms with Crippen molar-refractivity contribution in [3.8, 4) is 23.0 Å². The van der Waals surface area contributed by atoms with E-state index >= 15 is 0 Å². The summed E-state index contributed by atoms with van der Waals surface area (Å²) in [6, 6.07) is 8.36. The predicted molar refractivity (Wildman–Crippen MR) is 110 cm³/mol. The molecule has 0 heterocycles. The van der Waals surface area contributed by atoms with Crippen LogP contribution >= 0.6 is 11.8 Å². The highest BCUT2D eigenvalue weighted by Gasteiger charge is 2.19. The minimum absolute atomic E-state index is 0.116. The van der Waals surface area contributed by atoms with Gasteiger partial charge < -0.3 is 29.0 Å². The number of nitrogens with one attached hydrogen (secondary N) is 1. The van der Waals surface area contributed by atoms with Gasteiger partial charge in [-0.2, -0.15) is 0 Å². The summed E-state index contributed by atoms with van der Waals surface area (Å²) in [5.41, 5.74) is 0.432. The fourth-order valence-electron chi connectivity index (χ4n) is 2.50. The first kappa shape index (κ1) is 22.2. The van der Waals surface area contributed by atoms with Crippen molar-refractivity contribution in [3.05, 3.63) is 35.9 Å². The third-order valence-electron chi connectivity index (χ3n) is 3.93. The Balaban J connectivity index is 2.16. The molecule has 1 N–H and O–H groups in total. The standard InChI is InChI=1S/C20H23NO7S/c1-24-15-7-6-12(8-16(15)25-2)29-11-19(22)21-14-10-18(27-4)17(26-3)9-13(14)20(23)28-5/h6-10H,11H2,1-5H3,(H,21,22). The van der Waals surface area contributed by atoms with Gasteiger partial charge in [0.25, 0.3) is 0 Å². The van der Waals surface area contributed by atoms with Crippen LogP contribution in [0.5, 0.6) is 23.0 Å². The number of thioether (sulfide) groups is 1. The summed E-state index contributed by atoms with van der Waals surface area (Å²) >= 11 is 1.31. The molecule has 29 heavy (non-hydrogen) atoms. The summed E-state index contributed by atoms with van der Waals surface area (Å²) in [7, 11) is 7.28. The van der Waals surface area contributed by atoms with Gasteiger partial charge in [-0.05, 0) is 18.2 Å². The molecule has 156 valence electrons. The smallest absolute Gasteiger partial charge is 0.340 e. The maximum absolute atomic E-state index is 12.5. The van der Waals surface area contributed by atoms with Gasteiger partial charge in [0, 0.05) is 17.0 Å². The van der Waals surface area contributed by atoms with Gasteiger partial charge in [-0.15, -0.1) is 11.8 Å². The zero-order valence-electron chi connectivity index (χ0n) is 16.9. The van der Waals surface area contributed by atoms with Crippen molar-refractivity contribution in [1.29, 1.82) is 0 Å². The maximum Gasteiger partial charge on any atom is 0.340 e. The molecule has 0 aliphatic rings. The molecule has 0 aromatic heterocycles.